The predicted octanol–water partition coefficient (Wildman–Crippen LogP) is 4.55. The minimum atomic E-state index is 0.217. The number of halogens is 1. The molecular weight excluding hydrogens is 276 g/mol. The molecule has 0 aromatic heterocycles. The number of benzene rings is 1. The molecule has 1 aromatic rings. The van der Waals surface area contributed by atoms with Gasteiger partial charge in [0.1, 0.15) is 0 Å². The van der Waals surface area contributed by atoms with Crippen LogP contribution in [0.4, 0.5) is 0 Å². The van der Waals surface area contributed by atoms with E-state index < -0.39 is 0 Å². The number of hydrogen-bond acceptors (Lipinski definition) is 1. The highest BCUT2D eigenvalue weighted by Gasteiger charge is 2.28. The lowest BCUT2D eigenvalue weighted by Crippen LogP contribution is -2.29. The van der Waals surface area contributed by atoms with Crippen LogP contribution in [-0.2, 0) is 10.2 Å². The van der Waals surface area contributed by atoms with E-state index in [9.17, 15) is 0 Å². The summed E-state index contributed by atoms with van der Waals surface area (Å²) in [6.45, 7) is 6.13. The Hall–Kier alpha value is -0.340. The normalized spacial score (nSPS) is 14.5. The molecule has 0 amide bonds. The molecule has 1 atom stereocenters. The van der Waals surface area contributed by atoms with Crippen molar-refractivity contribution >= 4 is 15.9 Å². The molecule has 1 nitrogen and oxygen atoms in total. The SMILES string of the molecule is CCCOCCC(CC)(CBr)c1ccccc1. The van der Waals surface area contributed by atoms with E-state index in [2.05, 4.69) is 60.1 Å². The lowest BCUT2D eigenvalue weighted by Gasteiger charge is -2.31. The first-order chi connectivity index (χ1) is 8.29. The van der Waals surface area contributed by atoms with E-state index in [1.165, 1.54) is 5.56 Å². The van der Waals surface area contributed by atoms with Crippen LogP contribution < -0.4 is 0 Å². The standard InChI is InChI=1S/C15H23BrO/c1-3-11-17-12-10-15(4-2,13-16)14-8-6-5-7-9-14/h5-9H,3-4,10-13H2,1-2H3. The molecule has 0 spiro atoms. The maximum absolute atomic E-state index is 5.64. The molecule has 0 saturated heterocycles. The van der Waals surface area contributed by atoms with Gasteiger partial charge in [-0.25, -0.2) is 0 Å². The Kier molecular flexibility index (Phi) is 6.83. The molecule has 2 heteroatoms. The van der Waals surface area contributed by atoms with Gasteiger partial charge in [-0.1, -0.05) is 60.1 Å². The molecule has 0 aliphatic carbocycles. The van der Waals surface area contributed by atoms with Crippen LogP contribution >= 0.6 is 15.9 Å². The summed E-state index contributed by atoms with van der Waals surface area (Å²) < 4.78 is 5.64. The molecule has 17 heavy (non-hydrogen) atoms. The van der Waals surface area contributed by atoms with Crippen LogP contribution in [-0.4, -0.2) is 18.5 Å². The smallest absolute Gasteiger partial charge is 0.0474 e. The van der Waals surface area contributed by atoms with Gasteiger partial charge in [0.2, 0.25) is 0 Å². The van der Waals surface area contributed by atoms with E-state index in [0.29, 0.717) is 0 Å². The van der Waals surface area contributed by atoms with Gasteiger partial charge in [0.25, 0.3) is 0 Å². The topological polar surface area (TPSA) is 9.23 Å². The van der Waals surface area contributed by atoms with Crippen LogP contribution in [0.5, 0.6) is 0 Å². The van der Waals surface area contributed by atoms with Gasteiger partial charge >= 0.3 is 0 Å². The number of ether oxygens (including phenoxy) is 1. The Morgan fingerprint density at radius 3 is 2.35 bits per heavy atom. The summed E-state index contributed by atoms with van der Waals surface area (Å²) in [5, 5.41) is 0.996. The van der Waals surface area contributed by atoms with Crippen LogP contribution in [0.15, 0.2) is 30.3 Å². The summed E-state index contributed by atoms with van der Waals surface area (Å²) in [6.07, 6.45) is 3.31. The van der Waals surface area contributed by atoms with Gasteiger partial charge in [0.15, 0.2) is 0 Å². The van der Waals surface area contributed by atoms with E-state index >= 15 is 0 Å². The highest BCUT2D eigenvalue weighted by atomic mass is 79.9. The van der Waals surface area contributed by atoms with Gasteiger partial charge < -0.3 is 4.74 Å². The van der Waals surface area contributed by atoms with Crippen LogP contribution in [0, 0.1) is 0 Å². The van der Waals surface area contributed by atoms with Crippen LogP contribution in [0.25, 0.3) is 0 Å². The zero-order valence-electron chi connectivity index (χ0n) is 10.9. The molecule has 0 aliphatic heterocycles. The second-order valence-electron chi connectivity index (χ2n) is 4.50. The van der Waals surface area contributed by atoms with E-state index in [-0.39, 0.29) is 5.41 Å². The summed E-state index contributed by atoms with van der Waals surface area (Å²) in [7, 11) is 0. The first-order valence-corrected chi connectivity index (χ1v) is 7.60. The molecule has 0 N–H and O–H groups in total. The fourth-order valence-electron chi connectivity index (χ4n) is 2.07. The van der Waals surface area contributed by atoms with Crippen molar-refractivity contribution in [3.05, 3.63) is 35.9 Å². The van der Waals surface area contributed by atoms with Crippen molar-refractivity contribution in [2.75, 3.05) is 18.5 Å². The fraction of sp³-hybridized carbons (Fsp3) is 0.600. The van der Waals surface area contributed by atoms with Crippen molar-refractivity contribution in [2.24, 2.45) is 0 Å². The zero-order valence-corrected chi connectivity index (χ0v) is 12.5. The molecule has 1 rings (SSSR count). The molecule has 0 fully saturated rings. The van der Waals surface area contributed by atoms with E-state index in [4.69, 9.17) is 4.74 Å². The molecule has 1 unspecified atom stereocenters. The van der Waals surface area contributed by atoms with Crippen molar-refractivity contribution in [1.29, 1.82) is 0 Å². The zero-order chi connectivity index (χ0) is 12.6. The Morgan fingerprint density at radius 2 is 1.82 bits per heavy atom. The number of rotatable bonds is 8. The lowest BCUT2D eigenvalue weighted by atomic mass is 9.77. The van der Waals surface area contributed by atoms with Gasteiger partial charge in [0.05, 0.1) is 0 Å². The Bertz CT molecular complexity index is 293. The van der Waals surface area contributed by atoms with Crippen LogP contribution in [0.1, 0.15) is 38.7 Å². The molecule has 0 aliphatic rings. The molecule has 0 bridgehead atoms. The molecule has 0 heterocycles. The third-order valence-electron chi connectivity index (χ3n) is 3.39. The summed E-state index contributed by atoms with van der Waals surface area (Å²) in [6, 6.07) is 10.8. The van der Waals surface area contributed by atoms with Gasteiger partial charge in [0, 0.05) is 24.0 Å². The third-order valence-corrected chi connectivity index (χ3v) is 4.47. The number of hydrogen-bond donors (Lipinski definition) is 0. The summed E-state index contributed by atoms with van der Waals surface area (Å²) >= 11 is 3.68. The van der Waals surface area contributed by atoms with Crippen molar-refractivity contribution in [2.45, 2.75) is 38.5 Å². The van der Waals surface area contributed by atoms with Crippen molar-refractivity contribution < 1.29 is 4.74 Å². The maximum Gasteiger partial charge on any atom is 0.0474 e. The summed E-state index contributed by atoms with van der Waals surface area (Å²) in [4.78, 5) is 0. The summed E-state index contributed by atoms with van der Waals surface area (Å²) in [5.41, 5.74) is 1.63. The third kappa shape index (κ3) is 4.11. The second kappa shape index (κ2) is 7.88. The van der Waals surface area contributed by atoms with Gasteiger partial charge in [-0.15, -0.1) is 0 Å². The highest BCUT2D eigenvalue weighted by Crippen LogP contribution is 2.33. The number of alkyl halides is 1. The van der Waals surface area contributed by atoms with Crippen molar-refractivity contribution in [3.8, 4) is 0 Å². The molecule has 0 radical (unpaired) electrons. The molecule has 0 saturated carbocycles. The monoisotopic (exact) mass is 298 g/mol. The Balaban J connectivity index is 2.68. The molecular formula is C15H23BrO. The Morgan fingerprint density at radius 1 is 1.12 bits per heavy atom. The van der Waals surface area contributed by atoms with E-state index in [1.807, 2.05) is 0 Å². The van der Waals surface area contributed by atoms with Gasteiger partial charge in [-0.2, -0.15) is 0 Å². The van der Waals surface area contributed by atoms with Crippen LogP contribution in [0.2, 0.25) is 0 Å². The minimum Gasteiger partial charge on any atom is -0.381 e. The maximum atomic E-state index is 5.64. The first-order valence-electron chi connectivity index (χ1n) is 6.48. The first kappa shape index (κ1) is 14.7. The predicted molar refractivity (Wildman–Crippen MR) is 77.9 cm³/mol. The molecule has 1 aromatic carbocycles. The van der Waals surface area contributed by atoms with Crippen molar-refractivity contribution in [1.82, 2.24) is 0 Å². The van der Waals surface area contributed by atoms with Gasteiger partial charge in [-0.3, -0.25) is 0 Å². The van der Waals surface area contributed by atoms with E-state index in [1.54, 1.807) is 0 Å². The van der Waals surface area contributed by atoms with E-state index in [0.717, 1.165) is 37.8 Å². The highest BCUT2D eigenvalue weighted by molar-refractivity contribution is 9.09. The average Bonchev–Trinajstić information content (AvgIpc) is 2.41. The quantitative estimate of drug-likeness (QED) is 0.505. The van der Waals surface area contributed by atoms with Crippen molar-refractivity contribution in [3.63, 3.8) is 0 Å². The average molecular weight is 299 g/mol. The Labute approximate surface area is 114 Å². The fourth-order valence-corrected chi connectivity index (χ4v) is 3.07. The summed E-state index contributed by atoms with van der Waals surface area (Å²) in [5.74, 6) is 0. The second-order valence-corrected chi connectivity index (χ2v) is 5.06. The minimum absolute atomic E-state index is 0.217. The lowest BCUT2D eigenvalue weighted by molar-refractivity contribution is 0.116. The van der Waals surface area contributed by atoms with Crippen LogP contribution in [0.3, 0.4) is 0 Å². The molecule has 96 valence electrons. The largest absolute Gasteiger partial charge is 0.381 e. The van der Waals surface area contributed by atoms with Gasteiger partial charge in [-0.05, 0) is 24.8 Å².